The standard InChI is InChI=1S/C21H24N8O5.C20H22N6O5.3ClH/c22-20(23)24-7-2-8-34-15-4-3-14-9-13(10-17(30)29(14)12-15)18(31)27-11-16(19(32)33)28-21-25-5-1-6-26-21;21-5-1-8-31-15-4-3-14-9-13(10-17(27)26(14)12-15)18(28)24-11-16(19(29)30)25-20-22-6-2-7-23-20;;;/h1,3-6,9-10,12,16H,2,7-8,11H2,(H,27,31)(H,32,33)(H4,22,23,24)(H,25,26,28);2-4,6-7,9-10,12,16H,1,5,8,11,21H2,(H,24,28)(H,29,30)(H,22,23,25);3*1H. The molecule has 0 fully saturated rings. The number of guanidine groups is 1. The minimum Gasteiger partial charge on any atom is -1.00 e. The van der Waals surface area contributed by atoms with Gasteiger partial charge in [0.05, 0.1) is 32.2 Å². The Morgan fingerprint density at radius 2 is 1.09 bits per heavy atom. The maximum absolute atomic E-state index is 12.6. The molecule has 68 heavy (non-hydrogen) atoms. The van der Waals surface area contributed by atoms with E-state index in [0.29, 0.717) is 48.7 Å². The first-order valence-electron chi connectivity index (χ1n) is 19.8. The minimum atomic E-state index is -1.20. The second-order valence-electron chi connectivity index (χ2n) is 13.7. The number of hydrogen-bond donors (Lipinski definition) is 9. The summed E-state index contributed by atoms with van der Waals surface area (Å²) in [6.07, 6.45) is 10.3. The highest BCUT2D eigenvalue weighted by atomic mass is 35.5. The number of hydrogen-bond acceptors (Lipinski definition) is 15. The van der Waals surface area contributed by atoms with Crippen molar-refractivity contribution in [3.05, 3.63) is 130 Å². The third-order valence-corrected chi connectivity index (χ3v) is 8.87. The first-order chi connectivity index (χ1) is 31.3. The van der Waals surface area contributed by atoms with Gasteiger partial charge in [0.25, 0.3) is 22.9 Å². The fourth-order valence-electron chi connectivity index (χ4n) is 5.65. The maximum atomic E-state index is 12.6. The van der Waals surface area contributed by atoms with Crippen molar-refractivity contribution in [2.75, 3.05) is 50.0 Å². The number of fused-ring (bicyclic) bond motifs is 2. The number of aliphatic carboxylic acids is 2. The molecule has 0 saturated carbocycles. The van der Waals surface area contributed by atoms with Gasteiger partial charge >= 0.3 is 11.9 Å². The lowest BCUT2D eigenvalue weighted by molar-refractivity contribution is -0.368. The van der Waals surface area contributed by atoms with E-state index in [2.05, 4.69) is 51.9 Å². The van der Waals surface area contributed by atoms with Gasteiger partial charge in [-0.05, 0) is 48.5 Å². The van der Waals surface area contributed by atoms with Gasteiger partial charge in [0.2, 0.25) is 11.9 Å². The molecular formula is C41H49Cl3N14O10. The van der Waals surface area contributed by atoms with Crippen LogP contribution < -0.4 is 71.5 Å². The van der Waals surface area contributed by atoms with Gasteiger partial charge in [-0.3, -0.25) is 33.0 Å². The zero-order valence-electron chi connectivity index (χ0n) is 35.9. The Labute approximate surface area is 405 Å². The number of quaternary nitrogens is 1. The van der Waals surface area contributed by atoms with E-state index < -0.39 is 47.0 Å². The summed E-state index contributed by atoms with van der Waals surface area (Å²) in [6, 6.07) is 13.0. The van der Waals surface area contributed by atoms with E-state index in [1.54, 1.807) is 48.7 Å². The number of amides is 2. The van der Waals surface area contributed by atoms with Crippen LogP contribution in [-0.2, 0) is 9.59 Å². The SMILES string of the molecule is Cl.Cl.NC(N)=NCCCOc1ccc2cc(C(=O)NCC(Nc3ncccn3)C(=O)O)cc(=O)n2c1.[Cl-].[NH3+]CCCOc1ccc2cc(C(=O)NCC(Nc3ncccn3)C(=O)O)cc(=O)n2c1. The number of aliphatic imine (C=N–C) groups is 1. The Kier molecular flexibility index (Phi) is 23.4. The summed E-state index contributed by atoms with van der Waals surface area (Å²) in [5, 5.41) is 29.1. The largest absolute Gasteiger partial charge is 1.00 e. The lowest BCUT2D eigenvalue weighted by Gasteiger charge is -2.15. The summed E-state index contributed by atoms with van der Waals surface area (Å²) in [5.41, 5.74) is 14.6. The minimum absolute atomic E-state index is 0. The molecule has 6 heterocycles. The van der Waals surface area contributed by atoms with Crippen LogP contribution in [0.2, 0.25) is 0 Å². The summed E-state index contributed by atoms with van der Waals surface area (Å²) in [5.74, 6) is -2.29. The van der Waals surface area contributed by atoms with Crippen LogP contribution in [0.4, 0.5) is 11.9 Å². The number of carboxylic acids is 2. The van der Waals surface area contributed by atoms with E-state index in [0.717, 1.165) is 19.0 Å². The molecule has 13 N–H and O–H groups in total. The molecule has 0 aliphatic rings. The van der Waals surface area contributed by atoms with Gasteiger partial charge in [-0.1, -0.05) is 0 Å². The van der Waals surface area contributed by atoms with Crippen LogP contribution in [0.15, 0.2) is 112 Å². The summed E-state index contributed by atoms with van der Waals surface area (Å²) < 4.78 is 13.9. The molecule has 0 aromatic carbocycles. The Morgan fingerprint density at radius 3 is 1.47 bits per heavy atom. The van der Waals surface area contributed by atoms with Crippen molar-refractivity contribution < 1.29 is 57.0 Å². The molecule has 2 unspecified atom stereocenters. The quantitative estimate of drug-likeness (QED) is 0.0193. The zero-order chi connectivity index (χ0) is 46.7. The molecule has 0 bridgehead atoms. The molecule has 6 rings (SSSR count). The van der Waals surface area contributed by atoms with E-state index >= 15 is 0 Å². The number of ether oxygens (including phenoxy) is 2. The van der Waals surface area contributed by atoms with E-state index in [1.807, 2.05) is 0 Å². The average Bonchev–Trinajstić information content (AvgIpc) is 3.29. The van der Waals surface area contributed by atoms with Gasteiger partial charge in [0, 0.05) is 91.6 Å². The maximum Gasteiger partial charge on any atom is 0.328 e. The van der Waals surface area contributed by atoms with Crippen molar-refractivity contribution >= 4 is 77.5 Å². The normalized spacial score (nSPS) is 11.0. The second kappa shape index (κ2) is 28.3. The lowest BCUT2D eigenvalue weighted by atomic mass is 10.2. The van der Waals surface area contributed by atoms with Crippen LogP contribution in [0.25, 0.3) is 11.0 Å². The number of nitrogens with two attached hydrogens (primary N) is 2. The summed E-state index contributed by atoms with van der Waals surface area (Å²) in [4.78, 5) is 92.6. The molecule has 27 heteroatoms. The Hall–Kier alpha value is -7.80. The molecule has 24 nitrogen and oxygen atoms in total. The number of carbonyl (C=O) groups is 4. The van der Waals surface area contributed by atoms with Crippen LogP contribution in [0.1, 0.15) is 33.6 Å². The lowest BCUT2D eigenvalue weighted by Crippen LogP contribution is -3.00. The number of carboxylic acid groups (broad SMARTS) is 2. The number of halogens is 3. The summed E-state index contributed by atoms with van der Waals surface area (Å²) in [7, 11) is 0. The van der Waals surface area contributed by atoms with Gasteiger partial charge in [-0.2, -0.15) is 0 Å². The topological polar surface area (TPSA) is 362 Å². The van der Waals surface area contributed by atoms with Crippen molar-refractivity contribution in [3.8, 4) is 11.5 Å². The number of pyridine rings is 4. The van der Waals surface area contributed by atoms with Crippen molar-refractivity contribution in [3.63, 3.8) is 0 Å². The van der Waals surface area contributed by atoms with Crippen molar-refractivity contribution in [2.24, 2.45) is 16.5 Å². The molecule has 6 aromatic rings. The highest BCUT2D eigenvalue weighted by Crippen LogP contribution is 2.15. The van der Waals surface area contributed by atoms with E-state index in [9.17, 15) is 39.0 Å². The number of anilines is 2. The molecule has 6 aromatic heterocycles. The highest BCUT2D eigenvalue weighted by molar-refractivity contribution is 5.96. The zero-order valence-corrected chi connectivity index (χ0v) is 38.3. The smallest absolute Gasteiger partial charge is 0.328 e. The van der Waals surface area contributed by atoms with Crippen molar-refractivity contribution in [2.45, 2.75) is 24.9 Å². The van der Waals surface area contributed by atoms with Gasteiger partial charge in [0.15, 0.2) is 5.96 Å². The van der Waals surface area contributed by atoms with E-state index in [4.69, 9.17) is 20.9 Å². The number of aromatic nitrogens is 6. The van der Waals surface area contributed by atoms with Crippen molar-refractivity contribution in [1.29, 1.82) is 0 Å². The van der Waals surface area contributed by atoms with Crippen LogP contribution >= 0.6 is 24.8 Å². The monoisotopic (exact) mass is 1000 g/mol. The Bertz CT molecular complexity index is 2750. The van der Waals surface area contributed by atoms with Crippen LogP contribution in [0.3, 0.4) is 0 Å². The molecule has 0 aliphatic carbocycles. The Morgan fingerprint density at radius 1 is 0.676 bits per heavy atom. The number of carbonyl (C=O) groups excluding carboxylic acids is 2. The van der Waals surface area contributed by atoms with E-state index in [-0.39, 0.29) is 79.3 Å². The highest BCUT2D eigenvalue weighted by Gasteiger charge is 2.21. The second-order valence-corrected chi connectivity index (χ2v) is 13.7. The van der Waals surface area contributed by atoms with Gasteiger partial charge in [0.1, 0.15) is 23.6 Å². The molecule has 0 saturated heterocycles. The van der Waals surface area contributed by atoms with E-state index in [1.165, 1.54) is 51.9 Å². The molecular weight excluding hydrogens is 955 g/mol. The van der Waals surface area contributed by atoms with Crippen LogP contribution in [-0.4, -0.2) is 120 Å². The number of nitrogens with zero attached hydrogens (tertiary/aromatic N) is 7. The molecule has 0 radical (unpaired) electrons. The number of nitrogens with one attached hydrogen (secondary N) is 4. The molecule has 0 aliphatic heterocycles. The fourth-order valence-corrected chi connectivity index (χ4v) is 5.65. The summed E-state index contributed by atoms with van der Waals surface area (Å²) in [6.45, 7) is 1.54. The van der Waals surface area contributed by atoms with Crippen molar-refractivity contribution in [1.82, 2.24) is 39.4 Å². The molecule has 364 valence electrons. The predicted molar refractivity (Wildman–Crippen MR) is 249 cm³/mol. The van der Waals surface area contributed by atoms with Gasteiger partial charge in [-0.25, -0.2) is 29.5 Å². The molecule has 2 atom stereocenters. The predicted octanol–water partition coefficient (Wildman–Crippen LogP) is -3.33. The van der Waals surface area contributed by atoms with Gasteiger partial charge < -0.3 is 70.6 Å². The third kappa shape index (κ3) is 17.2. The third-order valence-electron chi connectivity index (χ3n) is 8.87. The number of rotatable bonds is 21. The summed E-state index contributed by atoms with van der Waals surface area (Å²) >= 11 is 0. The van der Waals surface area contributed by atoms with Gasteiger partial charge in [-0.15, -0.1) is 24.8 Å². The molecule has 0 spiro atoms. The first kappa shape index (κ1) is 56.3. The fraction of sp³-hybridized carbons (Fsp3) is 0.244. The first-order valence-corrected chi connectivity index (χ1v) is 19.8. The van der Waals surface area contributed by atoms with Crippen LogP contribution in [0.5, 0.6) is 11.5 Å². The molecule has 2 amide bonds. The average molecular weight is 1000 g/mol. The van der Waals surface area contributed by atoms with Crippen LogP contribution in [0, 0.1) is 0 Å². The Balaban J connectivity index is 0.000000449.